The van der Waals surface area contributed by atoms with Crippen molar-refractivity contribution in [3.63, 3.8) is 0 Å². The highest BCUT2D eigenvalue weighted by atomic mass is 32.1. The van der Waals surface area contributed by atoms with Crippen LogP contribution in [0.4, 0.5) is 0 Å². The molecule has 4 rings (SSSR count). The number of aryl methyl sites for hydroxylation is 1. The summed E-state index contributed by atoms with van der Waals surface area (Å²) in [6.07, 6.45) is 1.82. The van der Waals surface area contributed by atoms with E-state index >= 15 is 0 Å². The molecule has 1 aliphatic rings. The molecule has 0 saturated carbocycles. The number of nitrogens with one attached hydrogen (secondary N) is 1. The fourth-order valence-electron chi connectivity index (χ4n) is 3.70. The van der Waals surface area contributed by atoms with Gasteiger partial charge in [0.1, 0.15) is 5.75 Å². The first-order valence-electron chi connectivity index (χ1n) is 8.87. The summed E-state index contributed by atoms with van der Waals surface area (Å²) >= 11 is 5.56. The number of methoxy groups -OCH3 is 1. The van der Waals surface area contributed by atoms with Crippen LogP contribution in [0.15, 0.2) is 60.8 Å². The molecule has 1 fully saturated rings. The summed E-state index contributed by atoms with van der Waals surface area (Å²) < 4.78 is 7.57. The normalized spacial score (nSPS) is 19.2. The average molecular weight is 379 g/mol. The van der Waals surface area contributed by atoms with Crippen LogP contribution in [0.3, 0.4) is 0 Å². The van der Waals surface area contributed by atoms with Gasteiger partial charge in [-0.3, -0.25) is 4.98 Å². The smallest absolute Gasteiger partial charge is 0.169 e. The maximum atomic E-state index is 5.56. The van der Waals surface area contributed by atoms with Crippen LogP contribution in [-0.4, -0.2) is 33.7 Å². The van der Waals surface area contributed by atoms with Crippen LogP contribution in [0.25, 0.3) is 5.69 Å². The van der Waals surface area contributed by atoms with Gasteiger partial charge in [0, 0.05) is 30.3 Å². The van der Waals surface area contributed by atoms with Crippen molar-refractivity contribution in [3.05, 3.63) is 77.9 Å². The standard InChI is InChI=1S/C21H22N4OS/c1-14-7-12-18(25(14)15-8-10-16(26-3)11-9-15)20-19(23-21(27)24(20)2)17-6-4-5-13-22-17/h4-13,19-20H,1-3H3,(H,23,27). The number of benzene rings is 1. The number of hydrogen-bond donors (Lipinski definition) is 1. The Morgan fingerprint density at radius 3 is 2.52 bits per heavy atom. The van der Waals surface area contributed by atoms with E-state index in [0.717, 1.165) is 22.2 Å². The molecule has 2 unspecified atom stereocenters. The van der Waals surface area contributed by atoms with E-state index < -0.39 is 0 Å². The zero-order valence-corrected chi connectivity index (χ0v) is 16.4. The van der Waals surface area contributed by atoms with E-state index in [-0.39, 0.29) is 12.1 Å². The van der Waals surface area contributed by atoms with Crippen LogP contribution in [0.2, 0.25) is 0 Å². The summed E-state index contributed by atoms with van der Waals surface area (Å²) in [7, 11) is 3.71. The molecule has 0 amide bonds. The van der Waals surface area contributed by atoms with Gasteiger partial charge in [-0.1, -0.05) is 6.07 Å². The number of aromatic nitrogens is 2. The molecule has 0 aliphatic carbocycles. The molecule has 27 heavy (non-hydrogen) atoms. The molecule has 3 aromatic rings. The van der Waals surface area contributed by atoms with Crippen LogP contribution in [-0.2, 0) is 0 Å². The molecule has 3 heterocycles. The number of rotatable bonds is 4. The van der Waals surface area contributed by atoms with Crippen molar-refractivity contribution < 1.29 is 4.74 Å². The Kier molecular flexibility index (Phi) is 4.58. The molecule has 0 bridgehead atoms. The largest absolute Gasteiger partial charge is 0.497 e. The van der Waals surface area contributed by atoms with Gasteiger partial charge in [-0.15, -0.1) is 0 Å². The Bertz CT molecular complexity index is 952. The predicted molar refractivity (Wildman–Crippen MR) is 110 cm³/mol. The van der Waals surface area contributed by atoms with Crippen LogP contribution in [0.5, 0.6) is 5.75 Å². The Morgan fingerprint density at radius 2 is 1.85 bits per heavy atom. The third-order valence-corrected chi connectivity index (χ3v) is 5.48. The lowest BCUT2D eigenvalue weighted by atomic mass is 10.0. The monoisotopic (exact) mass is 378 g/mol. The quantitative estimate of drug-likeness (QED) is 0.700. The minimum Gasteiger partial charge on any atom is -0.497 e. The molecular formula is C21H22N4OS. The second-order valence-corrected chi connectivity index (χ2v) is 7.06. The van der Waals surface area contributed by atoms with Crippen LogP contribution < -0.4 is 10.1 Å². The minimum atomic E-state index is -0.00463. The zero-order valence-electron chi connectivity index (χ0n) is 15.6. The number of likely N-dealkylation sites (N-methyl/N-ethyl adjacent to an activating group) is 1. The van der Waals surface area contributed by atoms with Crippen molar-refractivity contribution in [1.82, 2.24) is 19.8 Å². The Hall–Kier alpha value is -2.86. The molecule has 0 radical (unpaired) electrons. The van der Waals surface area contributed by atoms with E-state index in [1.807, 2.05) is 43.6 Å². The Morgan fingerprint density at radius 1 is 1.07 bits per heavy atom. The Balaban J connectivity index is 1.81. The van der Waals surface area contributed by atoms with Gasteiger partial charge < -0.3 is 19.5 Å². The summed E-state index contributed by atoms with van der Waals surface area (Å²) in [5.41, 5.74) is 4.41. The molecule has 0 spiro atoms. The van der Waals surface area contributed by atoms with E-state index in [9.17, 15) is 0 Å². The van der Waals surface area contributed by atoms with E-state index in [1.165, 1.54) is 11.4 Å². The summed E-state index contributed by atoms with van der Waals surface area (Å²) in [4.78, 5) is 6.68. The number of hydrogen-bond acceptors (Lipinski definition) is 3. The van der Waals surface area contributed by atoms with Crippen molar-refractivity contribution in [2.45, 2.75) is 19.0 Å². The molecule has 2 aromatic heterocycles. The summed E-state index contributed by atoms with van der Waals surface area (Å²) in [6.45, 7) is 2.12. The van der Waals surface area contributed by atoms with E-state index in [2.05, 4.69) is 51.0 Å². The molecule has 1 aliphatic heterocycles. The zero-order chi connectivity index (χ0) is 19.0. The summed E-state index contributed by atoms with van der Waals surface area (Å²) in [5.74, 6) is 0.845. The Labute approximate surface area is 164 Å². The molecule has 1 saturated heterocycles. The minimum absolute atomic E-state index is 0.00463. The lowest BCUT2D eigenvalue weighted by molar-refractivity contribution is 0.356. The second kappa shape index (κ2) is 7.04. The first-order chi connectivity index (χ1) is 13.1. The van der Waals surface area contributed by atoms with Crippen molar-refractivity contribution in [2.24, 2.45) is 0 Å². The van der Waals surface area contributed by atoms with Crippen LogP contribution >= 0.6 is 12.2 Å². The van der Waals surface area contributed by atoms with Gasteiger partial charge in [-0.05, 0) is 67.7 Å². The third-order valence-electron chi connectivity index (χ3n) is 5.08. The molecule has 6 heteroatoms. The molecule has 138 valence electrons. The summed E-state index contributed by atoms with van der Waals surface area (Å²) in [6, 6.07) is 18.5. The van der Waals surface area contributed by atoms with Crippen molar-refractivity contribution in [2.75, 3.05) is 14.2 Å². The van der Waals surface area contributed by atoms with Gasteiger partial charge in [0.25, 0.3) is 0 Å². The van der Waals surface area contributed by atoms with Crippen molar-refractivity contribution >= 4 is 17.3 Å². The van der Waals surface area contributed by atoms with Gasteiger partial charge >= 0.3 is 0 Å². The molecule has 1 N–H and O–H groups in total. The van der Waals surface area contributed by atoms with Crippen LogP contribution in [0, 0.1) is 6.92 Å². The van der Waals surface area contributed by atoms with Crippen molar-refractivity contribution in [1.29, 1.82) is 0 Å². The van der Waals surface area contributed by atoms with Gasteiger partial charge in [0.15, 0.2) is 5.11 Å². The SMILES string of the molecule is COc1ccc(-n2c(C)ccc2C2C(c3ccccn3)NC(=S)N2C)cc1. The molecular weight excluding hydrogens is 356 g/mol. The number of nitrogens with zero attached hydrogens (tertiary/aromatic N) is 3. The van der Waals surface area contributed by atoms with Gasteiger partial charge in [-0.2, -0.15) is 0 Å². The highest BCUT2D eigenvalue weighted by Crippen LogP contribution is 2.39. The van der Waals surface area contributed by atoms with Gasteiger partial charge in [-0.25, -0.2) is 0 Å². The number of thiocarbonyl (C=S) groups is 1. The molecule has 1 aromatic carbocycles. The predicted octanol–water partition coefficient (Wildman–Crippen LogP) is 3.79. The molecule has 5 nitrogen and oxygen atoms in total. The molecule has 2 atom stereocenters. The van der Waals surface area contributed by atoms with Crippen LogP contribution in [0.1, 0.15) is 29.2 Å². The average Bonchev–Trinajstić information content (AvgIpc) is 3.22. The first kappa shape index (κ1) is 17.5. The number of pyridine rings is 1. The highest BCUT2D eigenvalue weighted by molar-refractivity contribution is 7.80. The summed E-state index contributed by atoms with van der Waals surface area (Å²) in [5, 5.41) is 4.17. The van der Waals surface area contributed by atoms with E-state index in [0.29, 0.717) is 0 Å². The maximum Gasteiger partial charge on any atom is 0.169 e. The van der Waals surface area contributed by atoms with E-state index in [1.54, 1.807) is 7.11 Å². The lowest BCUT2D eigenvalue weighted by Gasteiger charge is -2.26. The highest BCUT2D eigenvalue weighted by Gasteiger charge is 2.39. The van der Waals surface area contributed by atoms with Crippen molar-refractivity contribution in [3.8, 4) is 11.4 Å². The number of ether oxygens (including phenoxy) is 1. The fraction of sp³-hybridized carbons (Fsp3) is 0.238. The topological polar surface area (TPSA) is 42.3 Å². The maximum absolute atomic E-state index is 5.56. The van der Waals surface area contributed by atoms with Gasteiger partial charge in [0.05, 0.1) is 24.9 Å². The first-order valence-corrected chi connectivity index (χ1v) is 9.28. The third kappa shape index (κ3) is 3.06. The lowest BCUT2D eigenvalue weighted by Crippen LogP contribution is -2.26. The van der Waals surface area contributed by atoms with Gasteiger partial charge in [0.2, 0.25) is 0 Å². The van der Waals surface area contributed by atoms with E-state index in [4.69, 9.17) is 17.0 Å². The fourth-order valence-corrected chi connectivity index (χ4v) is 3.94. The second-order valence-electron chi connectivity index (χ2n) is 6.67.